The van der Waals surface area contributed by atoms with Crippen molar-refractivity contribution < 1.29 is 9.21 Å². The molecule has 2 heterocycles. The average Bonchev–Trinajstić information content (AvgIpc) is 3.11. The third-order valence-corrected chi connectivity index (χ3v) is 6.06. The Balaban J connectivity index is 1.34. The van der Waals surface area contributed by atoms with Crippen molar-refractivity contribution in [2.24, 2.45) is 0 Å². The van der Waals surface area contributed by atoms with Crippen LogP contribution in [0.1, 0.15) is 28.1 Å². The largest absolute Gasteiger partial charge is 0.441 e. The van der Waals surface area contributed by atoms with Crippen molar-refractivity contribution in [1.82, 2.24) is 14.8 Å². The number of urea groups is 1. The van der Waals surface area contributed by atoms with Crippen molar-refractivity contribution in [3.8, 4) is 11.5 Å². The van der Waals surface area contributed by atoms with Crippen LogP contribution in [0.4, 0.5) is 10.5 Å². The van der Waals surface area contributed by atoms with Crippen LogP contribution < -0.4 is 5.32 Å². The fourth-order valence-electron chi connectivity index (χ4n) is 3.85. The monoisotopic (exact) mass is 418 g/mol. The van der Waals surface area contributed by atoms with Crippen molar-refractivity contribution in [3.05, 3.63) is 70.6 Å². The van der Waals surface area contributed by atoms with Gasteiger partial charge in [0.15, 0.2) is 0 Å². The lowest BCUT2D eigenvalue weighted by atomic mass is 10.1. The molecule has 0 saturated carbocycles. The highest BCUT2D eigenvalue weighted by Gasteiger charge is 2.23. The van der Waals surface area contributed by atoms with Crippen molar-refractivity contribution in [3.63, 3.8) is 0 Å². The molecule has 1 saturated heterocycles. The zero-order valence-electron chi connectivity index (χ0n) is 18.7. The Hall–Kier alpha value is -3.12. The molecule has 3 aromatic rings. The van der Waals surface area contributed by atoms with Gasteiger partial charge in [0.1, 0.15) is 5.76 Å². The fourth-order valence-corrected chi connectivity index (χ4v) is 3.85. The lowest BCUT2D eigenvalue weighted by Gasteiger charge is -2.34. The minimum Gasteiger partial charge on any atom is -0.441 e. The second kappa shape index (κ2) is 8.94. The van der Waals surface area contributed by atoms with Crippen LogP contribution in [0.15, 0.2) is 46.9 Å². The van der Waals surface area contributed by atoms with Crippen LogP contribution in [0.3, 0.4) is 0 Å². The molecule has 0 bridgehead atoms. The normalized spacial score (nSPS) is 14.6. The van der Waals surface area contributed by atoms with Crippen LogP contribution >= 0.6 is 0 Å². The van der Waals surface area contributed by atoms with E-state index < -0.39 is 0 Å². The quantitative estimate of drug-likeness (QED) is 0.653. The molecule has 1 aromatic heterocycles. The number of hydrogen-bond acceptors (Lipinski definition) is 4. The number of nitrogens with one attached hydrogen (secondary N) is 1. The molecule has 0 unspecified atom stereocenters. The highest BCUT2D eigenvalue weighted by Crippen LogP contribution is 2.25. The number of amides is 2. The van der Waals surface area contributed by atoms with Gasteiger partial charge in [-0.05, 0) is 62.6 Å². The predicted molar refractivity (Wildman–Crippen MR) is 123 cm³/mol. The Morgan fingerprint density at radius 1 is 0.968 bits per heavy atom. The zero-order valence-corrected chi connectivity index (χ0v) is 18.7. The first-order chi connectivity index (χ1) is 14.9. The first kappa shape index (κ1) is 21.1. The Labute approximate surface area is 183 Å². The van der Waals surface area contributed by atoms with E-state index in [4.69, 9.17) is 9.40 Å². The van der Waals surface area contributed by atoms with Gasteiger partial charge in [0.2, 0.25) is 5.89 Å². The SMILES string of the molecule is Cc1ccc(NC(=O)N2CCN(Cc3nc(-c4ccccc4C)oc3C)CC2)cc1C. The second-order valence-electron chi connectivity index (χ2n) is 8.33. The molecule has 6 heteroatoms. The van der Waals surface area contributed by atoms with Gasteiger partial charge >= 0.3 is 6.03 Å². The van der Waals surface area contributed by atoms with Crippen LogP contribution in [-0.4, -0.2) is 47.0 Å². The molecule has 0 spiro atoms. The number of piperazine rings is 1. The zero-order chi connectivity index (χ0) is 22.0. The summed E-state index contributed by atoms with van der Waals surface area (Å²) in [6, 6.07) is 14.1. The first-order valence-corrected chi connectivity index (χ1v) is 10.8. The number of oxazole rings is 1. The van der Waals surface area contributed by atoms with Gasteiger partial charge in [0, 0.05) is 44.0 Å². The number of hydrogen-bond donors (Lipinski definition) is 1. The van der Waals surface area contributed by atoms with Crippen molar-refractivity contribution in [2.45, 2.75) is 34.2 Å². The molecule has 0 radical (unpaired) electrons. The maximum atomic E-state index is 12.6. The smallest absolute Gasteiger partial charge is 0.321 e. The van der Waals surface area contributed by atoms with E-state index >= 15 is 0 Å². The van der Waals surface area contributed by atoms with Crippen LogP contribution in [0.2, 0.25) is 0 Å². The molecule has 162 valence electrons. The maximum absolute atomic E-state index is 12.6. The molecule has 1 aliphatic heterocycles. The summed E-state index contributed by atoms with van der Waals surface area (Å²) in [5.41, 5.74) is 6.39. The summed E-state index contributed by atoms with van der Waals surface area (Å²) < 4.78 is 5.95. The van der Waals surface area contributed by atoms with Gasteiger partial charge in [-0.15, -0.1) is 0 Å². The molecule has 2 amide bonds. The molecule has 6 nitrogen and oxygen atoms in total. The molecule has 1 N–H and O–H groups in total. The van der Waals surface area contributed by atoms with E-state index in [0.717, 1.165) is 47.9 Å². The standard InChI is InChI=1S/C25H30N4O2/c1-17-9-10-21(15-19(17)3)26-25(30)29-13-11-28(12-14-29)16-23-20(4)31-24(27-23)22-8-6-5-7-18(22)2/h5-10,15H,11-14,16H2,1-4H3,(H,26,30). The molecule has 2 aromatic carbocycles. The number of aromatic nitrogens is 1. The molecule has 1 aliphatic rings. The van der Waals surface area contributed by atoms with Gasteiger partial charge in [0.25, 0.3) is 0 Å². The number of anilines is 1. The van der Waals surface area contributed by atoms with Crippen LogP contribution in [0, 0.1) is 27.7 Å². The summed E-state index contributed by atoms with van der Waals surface area (Å²) in [5, 5.41) is 3.02. The number of rotatable bonds is 4. The van der Waals surface area contributed by atoms with E-state index in [2.05, 4.69) is 37.1 Å². The predicted octanol–water partition coefficient (Wildman–Crippen LogP) is 4.92. The summed E-state index contributed by atoms with van der Waals surface area (Å²) in [6.45, 7) is 11.9. The van der Waals surface area contributed by atoms with Gasteiger partial charge in [-0.3, -0.25) is 4.90 Å². The Morgan fingerprint density at radius 2 is 1.71 bits per heavy atom. The Morgan fingerprint density at radius 3 is 2.42 bits per heavy atom. The van der Waals surface area contributed by atoms with E-state index in [1.807, 2.05) is 48.2 Å². The topological polar surface area (TPSA) is 61.6 Å². The first-order valence-electron chi connectivity index (χ1n) is 10.8. The van der Waals surface area contributed by atoms with E-state index in [0.29, 0.717) is 19.0 Å². The van der Waals surface area contributed by atoms with E-state index in [9.17, 15) is 4.79 Å². The lowest BCUT2D eigenvalue weighted by molar-refractivity contribution is 0.141. The third-order valence-electron chi connectivity index (χ3n) is 6.06. The third kappa shape index (κ3) is 4.80. The molecule has 0 atom stereocenters. The lowest BCUT2D eigenvalue weighted by Crippen LogP contribution is -2.49. The van der Waals surface area contributed by atoms with Crippen molar-refractivity contribution >= 4 is 11.7 Å². The fraction of sp³-hybridized carbons (Fsp3) is 0.360. The van der Waals surface area contributed by atoms with E-state index in [1.54, 1.807) is 0 Å². The summed E-state index contributed by atoms with van der Waals surface area (Å²) in [7, 11) is 0. The highest BCUT2D eigenvalue weighted by atomic mass is 16.4. The van der Waals surface area contributed by atoms with E-state index in [1.165, 1.54) is 11.1 Å². The molecule has 31 heavy (non-hydrogen) atoms. The molecule has 1 fully saturated rings. The van der Waals surface area contributed by atoms with Crippen LogP contribution in [0.25, 0.3) is 11.5 Å². The molecular formula is C25H30N4O2. The number of carbonyl (C=O) groups is 1. The molecule has 0 aliphatic carbocycles. The number of aryl methyl sites for hydroxylation is 4. The van der Waals surface area contributed by atoms with Crippen molar-refractivity contribution in [1.29, 1.82) is 0 Å². The van der Waals surface area contributed by atoms with Gasteiger partial charge in [-0.25, -0.2) is 9.78 Å². The summed E-state index contributed by atoms with van der Waals surface area (Å²) in [5.74, 6) is 1.53. The van der Waals surface area contributed by atoms with Crippen LogP contribution in [-0.2, 0) is 6.54 Å². The average molecular weight is 419 g/mol. The summed E-state index contributed by atoms with van der Waals surface area (Å²) in [4.78, 5) is 21.6. The van der Waals surface area contributed by atoms with Gasteiger partial charge in [0.05, 0.1) is 5.69 Å². The summed E-state index contributed by atoms with van der Waals surface area (Å²) >= 11 is 0. The Kier molecular flexibility index (Phi) is 6.09. The minimum absolute atomic E-state index is 0.0395. The highest BCUT2D eigenvalue weighted by molar-refractivity contribution is 5.89. The summed E-state index contributed by atoms with van der Waals surface area (Å²) in [6.07, 6.45) is 0. The molecular weight excluding hydrogens is 388 g/mol. The van der Waals surface area contributed by atoms with Gasteiger partial charge in [-0.1, -0.05) is 24.3 Å². The molecule has 4 rings (SSSR count). The van der Waals surface area contributed by atoms with E-state index in [-0.39, 0.29) is 6.03 Å². The van der Waals surface area contributed by atoms with Crippen molar-refractivity contribution in [2.75, 3.05) is 31.5 Å². The second-order valence-corrected chi connectivity index (χ2v) is 8.33. The van der Waals surface area contributed by atoms with Gasteiger partial charge < -0.3 is 14.6 Å². The number of benzene rings is 2. The number of carbonyl (C=O) groups excluding carboxylic acids is 1. The van der Waals surface area contributed by atoms with Gasteiger partial charge in [-0.2, -0.15) is 0 Å². The number of nitrogens with zero attached hydrogens (tertiary/aromatic N) is 3. The Bertz CT molecular complexity index is 1080. The minimum atomic E-state index is -0.0395. The van der Waals surface area contributed by atoms with Crippen LogP contribution in [0.5, 0.6) is 0 Å². The maximum Gasteiger partial charge on any atom is 0.321 e.